The van der Waals surface area contributed by atoms with E-state index in [1.807, 2.05) is 11.8 Å². The first-order chi connectivity index (χ1) is 9.26. The first kappa shape index (κ1) is 14.6. The Morgan fingerprint density at radius 1 is 1.55 bits per heavy atom. The first-order valence-corrected chi connectivity index (χ1v) is 8.07. The number of aromatic nitrogens is 2. The summed E-state index contributed by atoms with van der Waals surface area (Å²) in [6.07, 6.45) is 0. The van der Waals surface area contributed by atoms with Crippen molar-refractivity contribution in [2.45, 2.75) is 19.9 Å². The summed E-state index contributed by atoms with van der Waals surface area (Å²) in [5.41, 5.74) is 6.90. The van der Waals surface area contributed by atoms with Crippen LogP contribution in [0.15, 0.2) is 5.16 Å². The van der Waals surface area contributed by atoms with E-state index in [0.29, 0.717) is 23.6 Å². The number of hydrogen-bond donors (Lipinski definition) is 2. The summed E-state index contributed by atoms with van der Waals surface area (Å²) < 4.78 is 25.0. The number of nitrogens with zero attached hydrogens (tertiary/aromatic N) is 4. The van der Waals surface area contributed by atoms with Crippen LogP contribution in [-0.2, 0) is 16.9 Å². The Morgan fingerprint density at radius 2 is 2.20 bits per heavy atom. The molecule has 0 spiro atoms. The molecule has 1 aliphatic heterocycles. The SMILES string of the molecule is Cc1nn(C)c(N2CCS(=O)(=O)CC2C)c1C(N)=NO. The number of amidine groups is 1. The lowest BCUT2D eigenvalue weighted by atomic mass is 10.2. The van der Waals surface area contributed by atoms with Crippen LogP contribution in [0, 0.1) is 6.92 Å². The molecule has 0 saturated carbocycles. The molecule has 1 aromatic heterocycles. The molecule has 112 valence electrons. The molecule has 8 nitrogen and oxygen atoms in total. The predicted molar refractivity (Wildman–Crippen MR) is 75.9 cm³/mol. The molecule has 2 rings (SSSR count). The topological polar surface area (TPSA) is 114 Å². The number of nitrogens with two attached hydrogens (primary N) is 1. The number of oxime groups is 1. The molecule has 1 atom stereocenters. The average molecular weight is 301 g/mol. The summed E-state index contributed by atoms with van der Waals surface area (Å²) in [6.45, 7) is 3.98. The molecular formula is C11H19N5O3S. The highest BCUT2D eigenvalue weighted by Crippen LogP contribution is 2.27. The molecule has 3 N–H and O–H groups in total. The van der Waals surface area contributed by atoms with Gasteiger partial charge < -0.3 is 15.8 Å². The van der Waals surface area contributed by atoms with Gasteiger partial charge in [0.05, 0.1) is 22.8 Å². The molecule has 1 aromatic rings. The average Bonchev–Trinajstić information content (AvgIpc) is 2.62. The molecule has 1 fully saturated rings. The van der Waals surface area contributed by atoms with Gasteiger partial charge in [-0.2, -0.15) is 5.10 Å². The minimum atomic E-state index is -3.00. The van der Waals surface area contributed by atoms with Crippen LogP contribution in [0.2, 0.25) is 0 Å². The summed E-state index contributed by atoms with van der Waals surface area (Å²) in [4.78, 5) is 1.94. The molecule has 0 bridgehead atoms. The third-order valence-corrected chi connectivity index (χ3v) is 5.29. The molecule has 0 radical (unpaired) electrons. The van der Waals surface area contributed by atoms with Gasteiger partial charge >= 0.3 is 0 Å². The summed E-state index contributed by atoms with van der Waals surface area (Å²) in [5.74, 6) is 0.843. The molecule has 0 aliphatic carbocycles. The van der Waals surface area contributed by atoms with E-state index in [1.54, 1.807) is 18.7 Å². The van der Waals surface area contributed by atoms with E-state index in [2.05, 4.69) is 10.3 Å². The van der Waals surface area contributed by atoms with Gasteiger partial charge in [-0.05, 0) is 13.8 Å². The lowest BCUT2D eigenvalue weighted by molar-refractivity contribution is 0.318. The molecule has 20 heavy (non-hydrogen) atoms. The van der Waals surface area contributed by atoms with Gasteiger partial charge in [0, 0.05) is 19.6 Å². The van der Waals surface area contributed by atoms with Crippen molar-refractivity contribution in [1.82, 2.24) is 9.78 Å². The summed E-state index contributed by atoms with van der Waals surface area (Å²) >= 11 is 0. The standard InChI is InChI=1S/C11H19N5O3S/c1-7-6-20(18,19)5-4-16(7)11-9(10(12)14-17)8(2)13-15(11)3/h7,17H,4-6H2,1-3H3,(H2,12,14). The van der Waals surface area contributed by atoms with Crippen molar-refractivity contribution in [1.29, 1.82) is 0 Å². The van der Waals surface area contributed by atoms with Crippen LogP contribution >= 0.6 is 0 Å². The Bertz CT molecular complexity index is 649. The fourth-order valence-electron chi connectivity index (χ4n) is 2.64. The fourth-order valence-corrected chi connectivity index (χ4v) is 4.20. The van der Waals surface area contributed by atoms with Crippen molar-refractivity contribution in [3.8, 4) is 0 Å². The van der Waals surface area contributed by atoms with Crippen LogP contribution in [0.4, 0.5) is 5.82 Å². The quantitative estimate of drug-likeness (QED) is 0.328. The number of hydrogen-bond acceptors (Lipinski definition) is 6. The third-order valence-electron chi connectivity index (χ3n) is 3.50. The van der Waals surface area contributed by atoms with Gasteiger partial charge in [-0.15, -0.1) is 0 Å². The van der Waals surface area contributed by atoms with Crippen LogP contribution in [-0.4, -0.2) is 53.3 Å². The first-order valence-electron chi connectivity index (χ1n) is 6.25. The second kappa shape index (κ2) is 4.97. The Hall–Kier alpha value is -1.77. The number of sulfone groups is 1. The van der Waals surface area contributed by atoms with E-state index in [-0.39, 0.29) is 23.4 Å². The number of anilines is 1. The van der Waals surface area contributed by atoms with E-state index in [4.69, 9.17) is 10.9 Å². The van der Waals surface area contributed by atoms with Crippen LogP contribution in [0.3, 0.4) is 0 Å². The molecule has 1 aliphatic rings. The number of rotatable bonds is 2. The van der Waals surface area contributed by atoms with Crippen LogP contribution in [0.5, 0.6) is 0 Å². The maximum absolute atomic E-state index is 11.7. The Kier molecular flexibility index (Phi) is 3.63. The zero-order valence-corrected chi connectivity index (χ0v) is 12.6. The van der Waals surface area contributed by atoms with Crippen LogP contribution < -0.4 is 10.6 Å². The third kappa shape index (κ3) is 2.45. The van der Waals surface area contributed by atoms with E-state index in [1.165, 1.54) is 0 Å². The molecular weight excluding hydrogens is 282 g/mol. The van der Waals surface area contributed by atoms with Gasteiger partial charge in [-0.1, -0.05) is 5.16 Å². The van der Waals surface area contributed by atoms with E-state index in [0.717, 1.165) is 0 Å². The van der Waals surface area contributed by atoms with Gasteiger partial charge in [-0.25, -0.2) is 8.42 Å². The smallest absolute Gasteiger partial charge is 0.175 e. The maximum Gasteiger partial charge on any atom is 0.175 e. The van der Waals surface area contributed by atoms with Gasteiger partial charge in [0.2, 0.25) is 0 Å². The van der Waals surface area contributed by atoms with Crippen molar-refractivity contribution in [3.63, 3.8) is 0 Å². The Labute approximate surface area is 117 Å². The van der Waals surface area contributed by atoms with Crippen LogP contribution in [0.1, 0.15) is 18.2 Å². The van der Waals surface area contributed by atoms with Crippen molar-refractivity contribution < 1.29 is 13.6 Å². The van der Waals surface area contributed by atoms with E-state index < -0.39 is 9.84 Å². The van der Waals surface area contributed by atoms with Gasteiger partial charge in [0.25, 0.3) is 0 Å². The molecule has 1 saturated heterocycles. The second-order valence-electron chi connectivity index (χ2n) is 5.05. The van der Waals surface area contributed by atoms with Gasteiger partial charge in [-0.3, -0.25) is 4.68 Å². The summed E-state index contributed by atoms with van der Waals surface area (Å²) in [7, 11) is -1.24. The van der Waals surface area contributed by atoms with E-state index in [9.17, 15) is 8.42 Å². The minimum absolute atomic E-state index is 0.0220. The van der Waals surface area contributed by atoms with Crippen molar-refractivity contribution >= 4 is 21.5 Å². The second-order valence-corrected chi connectivity index (χ2v) is 7.28. The molecule has 9 heteroatoms. The highest BCUT2D eigenvalue weighted by atomic mass is 32.2. The maximum atomic E-state index is 11.7. The highest BCUT2D eigenvalue weighted by Gasteiger charge is 2.32. The van der Waals surface area contributed by atoms with E-state index >= 15 is 0 Å². The predicted octanol–water partition coefficient (Wildman–Crippen LogP) is -0.554. The molecule has 1 unspecified atom stereocenters. The zero-order valence-electron chi connectivity index (χ0n) is 11.7. The van der Waals surface area contributed by atoms with Gasteiger partial charge in [0.1, 0.15) is 5.82 Å². The molecule has 2 heterocycles. The molecule has 0 aromatic carbocycles. The van der Waals surface area contributed by atoms with Gasteiger partial charge in [0.15, 0.2) is 15.7 Å². The minimum Gasteiger partial charge on any atom is -0.409 e. The fraction of sp³-hybridized carbons (Fsp3) is 0.636. The normalized spacial score (nSPS) is 23.1. The Balaban J connectivity index is 2.48. The number of aryl methyl sites for hydroxylation is 2. The zero-order chi connectivity index (χ0) is 15.1. The molecule has 0 amide bonds. The van der Waals surface area contributed by atoms with Crippen molar-refractivity contribution in [2.24, 2.45) is 17.9 Å². The van der Waals surface area contributed by atoms with Crippen LogP contribution in [0.25, 0.3) is 0 Å². The van der Waals surface area contributed by atoms with Crippen molar-refractivity contribution in [3.05, 3.63) is 11.3 Å². The highest BCUT2D eigenvalue weighted by molar-refractivity contribution is 7.91. The van der Waals surface area contributed by atoms with Crippen molar-refractivity contribution in [2.75, 3.05) is 23.0 Å². The lowest BCUT2D eigenvalue weighted by Gasteiger charge is -2.35. The largest absolute Gasteiger partial charge is 0.409 e. The Morgan fingerprint density at radius 3 is 2.75 bits per heavy atom. The summed E-state index contributed by atoms with van der Waals surface area (Å²) in [5, 5.41) is 16.2. The lowest BCUT2D eigenvalue weighted by Crippen LogP contribution is -2.48. The summed E-state index contributed by atoms with van der Waals surface area (Å²) in [6, 6.07) is -0.186. The monoisotopic (exact) mass is 301 g/mol.